The molecule has 6 nitrogen and oxygen atoms in total. The molecule has 2 fully saturated rings. The maximum Gasteiger partial charge on any atom is 0.269 e. The molecule has 2 heterocycles. The number of likely N-dealkylation sites (tertiary alicyclic amines) is 2. The van der Waals surface area contributed by atoms with Crippen molar-refractivity contribution in [2.45, 2.75) is 38.6 Å². The van der Waals surface area contributed by atoms with E-state index in [4.69, 9.17) is 0 Å². The molecule has 0 radical (unpaired) electrons. The van der Waals surface area contributed by atoms with E-state index in [9.17, 15) is 14.9 Å². The predicted octanol–water partition coefficient (Wildman–Crippen LogP) is 2.87. The van der Waals surface area contributed by atoms with Crippen LogP contribution in [0.15, 0.2) is 54.6 Å². The molecule has 0 aromatic heterocycles. The van der Waals surface area contributed by atoms with Crippen LogP contribution in [0.1, 0.15) is 36.8 Å². The van der Waals surface area contributed by atoms with Gasteiger partial charge in [-0.1, -0.05) is 42.5 Å². The van der Waals surface area contributed by atoms with Gasteiger partial charge in [-0.05, 0) is 43.6 Å². The fraction of sp³-hybridized carbons (Fsp3) is 0.480. The molecule has 2 aliphatic heterocycles. The molecule has 2 atom stereocenters. The number of piperidine rings is 2. The van der Waals surface area contributed by atoms with E-state index >= 15 is 0 Å². The van der Waals surface area contributed by atoms with Gasteiger partial charge in [-0.2, -0.15) is 0 Å². The van der Waals surface area contributed by atoms with Crippen molar-refractivity contribution < 1.29 is 14.6 Å². The summed E-state index contributed by atoms with van der Waals surface area (Å²) in [6.07, 6.45) is 5.26. The number of rotatable bonds is 6. The van der Waals surface area contributed by atoms with Crippen molar-refractivity contribution in [1.82, 2.24) is 4.90 Å². The zero-order valence-electron chi connectivity index (χ0n) is 18.0. The van der Waals surface area contributed by atoms with Crippen molar-refractivity contribution in [1.29, 1.82) is 0 Å². The Labute approximate surface area is 184 Å². The molecule has 6 heteroatoms. The lowest BCUT2D eigenvalue weighted by Gasteiger charge is -2.36. The first-order valence-electron chi connectivity index (χ1n) is 11.5. The summed E-state index contributed by atoms with van der Waals surface area (Å²) in [6.45, 7) is 4.32. The Morgan fingerprint density at radius 1 is 1.03 bits per heavy atom. The van der Waals surface area contributed by atoms with E-state index in [0.29, 0.717) is 11.8 Å². The van der Waals surface area contributed by atoms with Crippen LogP contribution in [0.4, 0.5) is 5.69 Å². The third-order valence-electron chi connectivity index (χ3n) is 6.84. The number of non-ortho nitro benzene ring substituents is 1. The number of quaternary nitrogens is 1. The van der Waals surface area contributed by atoms with Crippen LogP contribution >= 0.6 is 0 Å². The summed E-state index contributed by atoms with van der Waals surface area (Å²) in [7, 11) is 0. The van der Waals surface area contributed by atoms with Crippen molar-refractivity contribution in [2.75, 3.05) is 26.2 Å². The summed E-state index contributed by atoms with van der Waals surface area (Å²) in [4.78, 5) is 27.3. The number of nitro benzene ring substituents is 1. The first-order valence-corrected chi connectivity index (χ1v) is 11.5. The monoisotopic (exact) mass is 422 g/mol. The Bertz CT molecular complexity index is 894. The van der Waals surface area contributed by atoms with Gasteiger partial charge in [0.2, 0.25) is 5.91 Å². The van der Waals surface area contributed by atoms with Crippen LogP contribution in [0.2, 0.25) is 0 Å². The summed E-state index contributed by atoms with van der Waals surface area (Å²) in [5, 5.41) is 11.0. The maximum absolute atomic E-state index is 13.2. The molecule has 1 amide bonds. The molecule has 2 aliphatic rings. The summed E-state index contributed by atoms with van der Waals surface area (Å²) >= 11 is 0. The molecule has 0 saturated carbocycles. The zero-order chi connectivity index (χ0) is 21.6. The molecule has 0 spiro atoms. The molecule has 2 aromatic rings. The van der Waals surface area contributed by atoms with E-state index in [0.717, 1.165) is 70.4 Å². The lowest BCUT2D eigenvalue weighted by molar-refractivity contribution is -0.921. The van der Waals surface area contributed by atoms with E-state index < -0.39 is 0 Å². The average Bonchev–Trinajstić information content (AvgIpc) is 2.80. The van der Waals surface area contributed by atoms with Crippen molar-refractivity contribution >= 4 is 11.6 Å². The highest BCUT2D eigenvalue weighted by Gasteiger charge is 2.33. The van der Waals surface area contributed by atoms with Crippen molar-refractivity contribution in [3.8, 4) is 0 Å². The normalized spacial score (nSPS) is 22.3. The van der Waals surface area contributed by atoms with Gasteiger partial charge in [-0.15, -0.1) is 0 Å². The molecular formula is C25H32N3O3+. The number of amides is 1. The lowest BCUT2D eigenvalue weighted by atomic mass is 9.89. The minimum atomic E-state index is -0.344. The highest BCUT2D eigenvalue weighted by molar-refractivity contribution is 5.79. The van der Waals surface area contributed by atoms with Crippen LogP contribution in [-0.4, -0.2) is 41.9 Å². The third kappa shape index (κ3) is 5.70. The van der Waals surface area contributed by atoms with Gasteiger partial charge in [0.25, 0.3) is 5.69 Å². The van der Waals surface area contributed by atoms with E-state index in [1.807, 2.05) is 6.07 Å². The predicted molar refractivity (Wildman–Crippen MR) is 120 cm³/mol. The smallest absolute Gasteiger partial charge is 0.269 e. The quantitative estimate of drug-likeness (QED) is 0.575. The fourth-order valence-corrected chi connectivity index (χ4v) is 5.15. The molecule has 2 saturated heterocycles. The van der Waals surface area contributed by atoms with E-state index in [2.05, 4.69) is 35.2 Å². The summed E-state index contributed by atoms with van der Waals surface area (Å²) in [5.74, 6) is 1.05. The van der Waals surface area contributed by atoms with Crippen molar-refractivity contribution in [2.24, 2.45) is 11.8 Å². The van der Waals surface area contributed by atoms with Crippen LogP contribution in [0.25, 0.3) is 0 Å². The van der Waals surface area contributed by atoms with Gasteiger partial charge >= 0.3 is 0 Å². The van der Waals surface area contributed by atoms with Gasteiger partial charge in [0.05, 0.1) is 23.9 Å². The second-order valence-electron chi connectivity index (χ2n) is 9.11. The fourth-order valence-electron chi connectivity index (χ4n) is 5.15. The number of nitrogens with one attached hydrogen (secondary N) is 1. The zero-order valence-corrected chi connectivity index (χ0v) is 18.0. The summed E-state index contributed by atoms with van der Waals surface area (Å²) in [5.41, 5.74) is 2.50. The minimum absolute atomic E-state index is 0.0770. The van der Waals surface area contributed by atoms with Gasteiger partial charge in [-0.25, -0.2) is 0 Å². The number of hydrogen-bond donors (Lipinski definition) is 1. The molecule has 1 unspecified atom stereocenters. The van der Waals surface area contributed by atoms with Crippen LogP contribution < -0.4 is 4.90 Å². The highest BCUT2D eigenvalue weighted by Crippen LogP contribution is 2.24. The Balaban J connectivity index is 1.28. The molecule has 1 N–H and O–H groups in total. The topological polar surface area (TPSA) is 67.9 Å². The molecule has 2 aromatic carbocycles. The van der Waals surface area contributed by atoms with E-state index in [1.165, 1.54) is 16.5 Å². The van der Waals surface area contributed by atoms with Crippen LogP contribution in [0.5, 0.6) is 0 Å². The highest BCUT2D eigenvalue weighted by atomic mass is 16.6. The Kier molecular flexibility index (Phi) is 6.97. The van der Waals surface area contributed by atoms with Gasteiger partial charge in [0.1, 0.15) is 6.54 Å². The first-order chi connectivity index (χ1) is 15.1. The standard InChI is InChI=1S/C25H31N3O3/c29-25(27-14-11-21(12-15-27)16-20-6-2-1-3-7-20)23-9-5-13-26(19-23)18-22-8-4-10-24(17-22)28(30)31/h1-4,6-8,10,17,21,23H,5,9,11-16,18-19H2/p+1/t23-/m1/s1. The third-order valence-corrected chi connectivity index (χ3v) is 6.84. The molecule has 164 valence electrons. The Hall–Kier alpha value is -2.73. The van der Waals surface area contributed by atoms with Gasteiger partial charge < -0.3 is 9.80 Å². The van der Waals surface area contributed by atoms with E-state index in [-0.39, 0.29) is 16.5 Å². The maximum atomic E-state index is 13.2. The summed E-state index contributed by atoms with van der Waals surface area (Å²) < 4.78 is 0. The lowest BCUT2D eigenvalue weighted by Crippen LogP contribution is -3.12. The van der Waals surface area contributed by atoms with Gasteiger partial charge in [-0.3, -0.25) is 14.9 Å². The second kappa shape index (κ2) is 10.1. The van der Waals surface area contributed by atoms with Gasteiger partial charge in [0.15, 0.2) is 0 Å². The summed E-state index contributed by atoms with van der Waals surface area (Å²) in [6, 6.07) is 17.5. The number of hydrogen-bond acceptors (Lipinski definition) is 3. The number of nitro groups is 1. The number of benzene rings is 2. The number of carbonyl (C=O) groups excluding carboxylic acids is 1. The molecule has 0 bridgehead atoms. The average molecular weight is 423 g/mol. The SMILES string of the molecule is O=C([C@@H]1CCC[NH+](Cc2cccc([N+](=O)[O-])c2)C1)N1CCC(Cc2ccccc2)CC1. The van der Waals surface area contributed by atoms with Crippen LogP contribution in [0, 0.1) is 22.0 Å². The van der Waals surface area contributed by atoms with Crippen LogP contribution in [0.3, 0.4) is 0 Å². The largest absolute Gasteiger partial charge is 0.342 e. The van der Waals surface area contributed by atoms with Gasteiger partial charge in [0, 0.05) is 30.8 Å². The first kappa shape index (κ1) is 21.5. The van der Waals surface area contributed by atoms with Crippen molar-refractivity contribution in [3.63, 3.8) is 0 Å². The van der Waals surface area contributed by atoms with Crippen molar-refractivity contribution in [3.05, 3.63) is 75.8 Å². The minimum Gasteiger partial charge on any atom is -0.342 e. The molecule has 0 aliphatic carbocycles. The Morgan fingerprint density at radius 2 is 1.77 bits per heavy atom. The van der Waals surface area contributed by atoms with E-state index in [1.54, 1.807) is 12.1 Å². The molecule has 4 rings (SSSR count). The molecule has 31 heavy (non-hydrogen) atoms. The number of carbonyl (C=O) groups is 1. The molecular weight excluding hydrogens is 390 g/mol. The number of nitrogens with zero attached hydrogens (tertiary/aromatic N) is 2. The second-order valence-corrected chi connectivity index (χ2v) is 9.11. The van der Waals surface area contributed by atoms with Crippen LogP contribution in [-0.2, 0) is 17.8 Å². The Morgan fingerprint density at radius 3 is 2.52 bits per heavy atom.